The van der Waals surface area contributed by atoms with Gasteiger partial charge in [0.15, 0.2) is 28.9 Å². The van der Waals surface area contributed by atoms with Crippen molar-refractivity contribution in [1.82, 2.24) is 57.7 Å². The van der Waals surface area contributed by atoms with E-state index in [4.69, 9.17) is 24.7 Å². The van der Waals surface area contributed by atoms with Gasteiger partial charge >= 0.3 is 6.03 Å². The maximum absolute atomic E-state index is 14.3. The fourth-order valence-electron chi connectivity index (χ4n) is 16.2. The van der Waals surface area contributed by atoms with Crippen LogP contribution in [-0.4, -0.2) is 306 Å². The lowest BCUT2D eigenvalue weighted by atomic mass is 9.84. The Balaban J connectivity index is 0.000000691. The first kappa shape index (κ1) is 118. The number of carbonyl (C=O) groups is 18. The van der Waals surface area contributed by atoms with Gasteiger partial charge in [-0.3, -0.25) is 81.5 Å². The lowest BCUT2D eigenvalue weighted by Gasteiger charge is -2.32. The van der Waals surface area contributed by atoms with Crippen molar-refractivity contribution in [2.24, 2.45) is 59.0 Å². The number of Topliss-reactive ketones (excluding diaryl/α,β-unsaturated/α-hetero) is 7. The van der Waals surface area contributed by atoms with Crippen molar-refractivity contribution in [2.45, 2.75) is 316 Å². The van der Waals surface area contributed by atoms with Crippen molar-refractivity contribution in [1.29, 1.82) is 0 Å². The summed E-state index contributed by atoms with van der Waals surface area (Å²) in [5, 5.41) is 55.1. The molecule has 39 heteroatoms. The molecular weight excluding hydrogens is 1750 g/mol. The van der Waals surface area contributed by atoms with Gasteiger partial charge in [0.1, 0.15) is 48.9 Å². The Kier molecular flexibility index (Phi) is 58.2. The Bertz CT molecular complexity index is 3690. The third-order valence-electron chi connectivity index (χ3n) is 24.1. The zero-order chi connectivity index (χ0) is 98.7. The van der Waals surface area contributed by atoms with Gasteiger partial charge in [0.2, 0.25) is 59.1 Å². The number of fused-ring (bicyclic) bond motifs is 1. The van der Waals surface area contributed by atoms with Gasteiger partial charge in [-0.2, -0.15) is 23.5 Å². The Morgan fingerprint density at radius 2 is 1.05 bits per heavy atom. The quantitative estimate of drug-likeness (QED) is 0.0302. The van der Waals surface area contributed by atoms with E-state index >= 15 is 0 Å². The SMILES string of the molecule is CC[C@@H](CO)C(=O)N[C@@H](CC(C)C)C(=O)C[C@@H](CO)C(=O)CCCNC(=O)COCCOCCCC(=O)COCCOCCCC(=O)CCCC[C@@H]1SC[C@@H]2NC(=O)N[C@@H]21.CC[C@H](C)[C@H](NC(=O)[C@@H]1CCCN1C(=O)[C@H](CO)NC(=O)[C@H](CCC(N)=O)CC(=O)[C@H](CCSC)NC(C)=O)C(=O)C[C@H](C(=O)N[C@@H](CC(C)C)C(=O)N1CCC[C@H]1C(=O)N[C@@H](CC(C)C)C(C)=O)C(C)C. The number of rotatable bonds is 70. The molecule has 0 aromatic carbocycles. The van der Waals surface area contributed by atoms with E-state index in [1.165, 1.54) is 35.4 Å². The molecule has 12 amide bonds. The van der Waals surface area contributed by atoms with E-state index in [1.807, 2.05) is 66.5 Å². The number of primary amides is 1. The largest absolute Gasteiger partial charge is 0.396 e. The molecule has 0 unspecified atom stereocenters. The molecule has 4 rings (SSSR count). The van der Waals surface area contributed by atoms with Gasteiger partial charge in [0.25, 0.3) is 0 Å². The lowest BCUT2D eigenvalue weighted by Crippen LogP contribution is -2.58. The number of urea groups is 1. The molecule has 4 fully saturated rings. The zero-order valence-electron chi connectivity index (χ0n) is 80.6. The highest BCUT2D eigenvalue weighted by Crippen LogP contribution is 2.34. The second-order valence-corrected chi connectivity index (χ2v) is 39.1. The number of carbonyl (C=O) groups excluding carboxylic acids is 18. The van der Waals surface area contributed by atoms with Crippen molar-refractivity contribution in [3.05, 3.63) is 0 Å². The molecule has 0 saturated carbocycles. The highest BCUT2D eigenvalue weighted by atomic mass is 32.2. The van der Waals surface area contributed by atoms with Gasteiger partial charge in [0, 0.05) is 120 Å². The van der Waals surface area contributed by atoms with E-state index in [0.29, 0.717) is 127 Å². The van der Waals surface area contributed by atoms with Crippen LogP contribution in [0.3, 0.4) is 0 Å². The number of ether oxygens (including phenoxy) is 4. The summed E-state index contributed by atoms with van der Waals surface area (Å²) < 4.78 is 21.7. The van der Waals surface area contributed by atoms with Crippen LogP contribution in [0.15, 0.2) is 0 Å². The average molecular weight is 1910 g/mol. The number of unbranched alkanes of at least 4 members (excludes halogenated alkanes) is 1. The minimum atomic E-state index is -1.54. The molecule has 4 aliphatic rings. The smallest absolute Gasteiger partial charge is 0.315 e. The van der Waals surface area contributed by atoms with Gasteiger partial charge in [-0.25, -0.2) is 4.79 Å². The monoisotopic (exact) mass is 1910 g/mol. The van der Waals surface area contributed by atoms with E-state index in [-0.39, 0.29) is 181 Å². The van der Waals surface area contributed by atoms with Crippen molar-refractivity contribution in [3.63, 3.8) is 0 Å². The van der Waals surface area contributed by atoms with E-state index in [9.17, 15) is 102 Å². The van der Waals surface area contributed by atoms with Crippen molar-refractivity contribution >= 4 is 129 Å². The highest BCUT2D eigenvalue weighted by molar-refractivity contribution is 8.00. The number of nitrogens with two attached hydrogens (primary N) is 1. The standard InChI is InChI=1S/C51H86N8O12S.C42H72N4O13S/c1-12-31(8)45(43(64)26-35(30(6)7)47(67)55-38(24-29(4)5)50(70)58-20-13-15-40(58)48(68)54-37(32(9)61)23-28(2)3)57-49(69)41-16-14-21-59(41)51(71)39(27-60)56-46(66)34(17-18-44(52)65)25-42(63)36(19-22-72-11)53-33(10)62;1-4-30(24-47)41(54)44-34(22-29(2)3)37(52)23-31(25-48)36(51)13-7-15-43-39(53)27-59-21-19-57-17-9-12-33(50)26-58-20-18-56-16-8-11-32(49)10-5-6-14-38-40-35(28-60-38)45-42(55)46-40/h28-31,34-41,45,60H,12-27H2,1-11H3,(H2,52,65)(H,53,62)(H,54,68)(H,55,67)(H,56,66)(H,57,69);29-31,34-35,38,40,47-48H,4-28H2,1-3H3,(H,43,53)(H,44,54)(H2,45,46,55)/t31-,34+,35-,36-,37-,38-,39-,40-,41-,45-;30-,31-,34-,35-,38-,40-/m00/s1. The molecule has 132 heavy (non-hydrogen) atoms. The third-order valence-corrected chi connectivity index (χ3v) is 26.2. The predicted octanol–water partition coefficient (Wildman–Crippen LogP) is 4.02. The predicted molar refractivity (Wildman–Crippen MR) is 499 cm³/mol. The number of aliphatic hydroxyl groups excluding tert-OH is 3. The summed E-state index contributed by atoms with van der Waals surface area (Å²) in [7, 11) is 0. The van der Waals surface area contributed by atoms with Gasteiger partial charge in [0.05, 0.1) is 88.4 Å². The number of likely N-dealkylation sites (tertiary alicyclic amines) is 2. The van der Waals surface area contributed by atoms with Crippen LogP contribution >= 0.6 is 23.5 Å². The average Bonchev–Trinajstić information content (AvgIpc) is 1.91. The maximum Gasteiger partial charge on any atom is 0.315 e. The van der Waals surface area contributed by atoms with Crippen LogP contribution < -0.4 is 53.6 Å². The van der Waals surface area contributed by atoms with Gasteiger partial charge < -0.3 is 97.7 Å². The summed E-state index contributed by atoms with van der Waals surface area (Å²) in [6.45, 7) is 23.7. The molecule has 0 radical (unpaired) electrons. The first-order chi connectivity index (χ1) is 62.6. The summed E-state index contributed by atoms with van der Waals surface area (Å²) in [5.74, 6) is -9.80. The number of hydrogen-bond donors (Lipinski definition) is 13. The van der Waals surface area contributed by atoms with Crippen LogP contribution in [0.4, 0.5) is 4.79 Å². The van der Waals surface area contributed by atoms with Crippen LogP contribution in [0, 0.1) is 53.3 Å². The highest BCUT2D eigenvalue weighted by Gasteiger charge is 2.46. The van der Waals surface area contributed by atoms with E-state index in [1.54, 1.807) is 27.7 Å². The van der Waals surface area contributed by atoms with Crippen LogP contribution in [0.5, 0.6) is 0 Å². The van der Waals surface area contributed by atoms with Gasteiger partial charge in [-0.1, -0.05) is 89.0 Å². The molecule has 0 bridgehead atoms. The topological polar surface area (TPSA) is 546 Å². The second-order valence-electron chi connectivity index (χ2n) is 36.8. The number of nitrogens with one attached hydrogen (secondary N) is 9. The van der Waals surface area contributed by atoms with Crippen LogP contribution in [-0.2, 0) is 100 Å². The van der Waals surface area contributed by atoms with Crippen LogP contribution in [0.2, 0.25) is 0 Å². The molecule has 0 aliphatic carbocycles. The number of ketones is 7. The fraction of sp³-hybridized carbons (Fsp3) is 0.806. The number of amides is 12. The van der Waals surface area contributed by atoms with Crippen LogP contribution in [0.1, 0.15) is 251 Å². The molecule has 752 valence electrons. The van der Waals surface area contributed by atoms with Crippen molar-refractivity contribution < 1.29 is 121 Å². The fourth-order valence-corrected chi connectivity index (χ4v) is 18.2. The summed E-state index contributed by atoms with van der Waals surface area (Å²) in [6, 6.07) is -7.58. The minimum Gasteiger partial charge on any atom is -0.396 e. The van der Waals surface area contributed by atoms with Crippen molar-refractivity contribution in [3.8, 4) is 0 Å². The number of hydrogen-bond acceptors (Lipinski definition) is 27. The molecule has 14 N–H and O–H groups in total. The first-order valence-corrected chi connectivity index (χ1v) is 50.0. The second kappa shape index (κ2) is 64.9. The van der Waals surface area contributed by atoms with Crippen molar-refractivity contribution in [2.75, 3.05) is 110 Å². The van der Waals surface area contributed by atoms with E-state index in [2.05, 4.69) is 47.9 Å². The Hall–Kier alpha value is -7.92. The summed E-state index contributed by atoms with van der Waals surface area (Å²) in [6.07, 6.45) is 10.1. The summed E-state index contributed by atoms with van der Waals surface area (Å²) in [5.41, 5.74) is 5.37. The molecular formula is C93H158N12O25S2. The van der Waals surface area contributed by atoms with Crippen LogP contribution in [0.25, 0.3) is 0 Å². The van der Waals surface area contributed by atoms with Gasteiger partial charge in [-0.15, -0.1) is 0 Å². The molecule has 0 aromatic rings. The summed E-state index contributed by atoms with van der Waals surface area (Å²) >= 11 is 3.35. The first-order valence-electron chi connectivity index (χ1n) is 47.6. The zero-order valence-corrected chi connectivity index (χ0v) is 82.3. The molecule has 4 heterocycles. The Morgan fingerprint density at radius 3 is 1.60 bits per heavy atom. The maximum atomic E-state index is 14.3. The molecule has 0 aromatic heterocycles. The molecule has 37 nitrogen and oxygen atoms in total. The van der Waals surface area contributed by atoms with E-state index in [0.717, 1.165) is 25.0 Å². The molecule has 4 saturated heterocycles. The number of aliphatic hydroxyl groups is 3. The normalized spacial score (nSPS) is 18.9. The number of thioether (sulfide) groups is 2. The minimum absolute atomic E-state index is 0.00836. The molecule has 16 atom stereocenters. The third kappa shape index (κ3) is 44.7. The van der Waals surface area contributed by atoms with Gasteiger partial charge in [-0.05, 0) is 145 Å². The number of nitrogens with zero attached hydrogens (tertiary/aromatic N) is 2. The Morgan fingerprint density at radius 1 is 0.515 bits per heavy atom. The Labute approximate surface area is 788 Å². The molecule has 0 spiro atoms. The summed E-state index contributed by atoms with van der Waals surface area (Å²) in [4.78, 5) is 236. The molecule has 4 aliphatic heterocycles. The lowest BCUT2D eigenvalue weighted by molar-refractivity contribution is -0.144. The van der Waals surface area contributed by atoms with E-state index < -0.39 is 156 Å².